The number of hydrogen-bond acceptors (Lipinski definition) is 5. The average molecular weight is 598 g/mol. The highest BCUT2D eigenvalue weighted by Crippen LogP contribution is 2.44. The summed E-state index contributed by atoms with van der Waals surface area (Å²) < 4.78 is 0. The number of aryl methyl sites for hydroxylation is 1. The van der Waals surface area contributed by atoms with Crippen LogP contribution in [0.15, 0.2) is 101 Å². The standard InChI is InChI=1S/C38H39N5O2/c1-4-7-22-38(39,6-3)26-15-19-28(20-16-26)42-43-35-33-25(14-21-30-29-10-8-9-11-32(29)41-34(30)33)23-31(36(35)44)37(45)40-27-17-12-24(5-2)13-18-27/h8-21,23,41,44H,4-7,22,39H2,1-3H3,(H,40,45). The number of unbranched alkanes of at least 4 members (excludes halogenated alkanes) is 1. The Bertz CT molecular complexity index is 2030. The first kappa shape index (κ1) is 30.0. The Morgan fingerprint density at radius 3 is 2.38 bits per heavy atom. The number of aromatic hydroxyl groups is 1. The lowest BCUT2D eigenvalue weighted by molar-refractivity contribution is 0.102. The number of nitrogens with two attached hydrogens (primary N) is 1. The lowest BCUT2D eigenvalue weighted by Gasteiger charge is -2.29. The van der Waals surface area contributed by atoms with Gasteiger partial charge >= 0.3 is 0 Å². The van der Waals surface area contributed by atoms with Gasteiger partial charge in [0.2, 0.25) is 0 Å². The zero-order chi connectivity index (χ0) is 31.6. The lowest BCUT2D eigenvalue weighted by atomic mass is 9.83. The molecule has 5 aromatic carbocycles. The van der Waals surface area contributed by atoms with E-state index < -0.39 is 5.91 Å². The van der Waals surface area contributed by atoms with Crippen molar-refractivity contribution in [1.29, 1.82) is 0 Å². The topological polar surface area (TPSA) is 116 Å². The molecule has 0 saturated heterocycles. The minimum atomic E-state index is -0.429. The second kappa shape index (κ2) is 12.5. The number of nitrogens with zero attached hydrogens (tertiary/aromatic N) is 2. The number of aromatic amines is 1. The number of fused-ring (bicyclic) bond motifs is 5. The summed E-state index contributed by atoms with van der Waals surface area (Å²) in [6.45, 7) is 6.37. The normalized spacial score (nSPS) is 13.2. The molecule has 6 rings (SSSR count). The van der Waals surface area contributed by atoms with Gasteiger partial charge < -0.3 is 21.1 Å². The summed E-state index contributed by atoms with van der Waals surface area (Å²) in [5.41, 5.74) is 12.0. The van der Waals surface area contributed by atoms with Crippen molar-refractivity contribution in [3.05, 3.63) is 108 Å². The molecule has 1 atom stereocenters. The number of amides is 1. The van der Waals surface area contributed by atoms with E-state index in [4.69, 9.17) is 5.73 Å². The third kappa shape index (κ3) is 5.79. The molecule has 1 unspecified atom stereocenters. The largest absolute Gasteiger partial charge is 0.505 e. The SMILES string of the molecule is CCCCC(N)(CC)c1ccc(N=Nc2c(O)c(C(=O)Nc3ccc(CC)cc3)cc3ccc4c5ccccc5[nH]c4c23)cc1. The summed E-state index contributed by atoms with van der Waals surface area (Å²) in [6, 6.07) is 29.3. The molecule has 228 valence electrons. The summed E-state index contributed by atoms with van der Waals surface area (Å²) in [5, 5.41) is 27.2. The molecule has 0 aliphatic rings. The molecule has 0 bridgehead atoms. The number of H-pyrrole nitrogens is 1. The van der Waals surface area contributed by atoms with E-state index in [9.17, 15) is 9.90 Å². The number of anilines is 1. The number of nitrogens with one attached hydrogen (secondary N) is 2. The van der Waals surface area contributed by atoms with Crippen molar-refractivity contribution < 1.29 is 9.90 Å². The summed E-state index contributed by atoms with van der Waals surface area (Å²) in [5.74, 6) is -0.662. The van der Waals surface area contributed by atoms with E-state index in [0.717, 1.165) is 64.9 Å². The Kier molecular flexibility index (Phi) is 8.37. The van der Waals surface area contributed by atoms with Crippen molar-refractivity contribution in [2.75, 3.05) is 5.32 Å². The fraction of sp³-hybridized carbons (Fsp3) is 0.237. The van der Waals surface area contributed by atoms with Crippen molar-refractivity contribution in [3.63, 3.8) is 0 Å². The zero-order valence-electron chi connectivity index (χ0n) is 26.0. The summed E-state index contributed by atoms with van der Waals surface area (Å²) >= 11 is 0. The smallest absolute Gasteiger partial charge is 0.259 e. The van der Waals surface area contributed by atoms with Crippen molar-refractivity contribution in [1.82, 2.24) is 4.98 Å². The maximum Gasteiger partial charge on any atom is 0.259 e. The monoisotopic (exact) mass is 597 g/mol. The molecular weight excluding hydrogens is 558 g/mol. The van der Waals surface area contributed by atoms with Gasteiger partial charge in [-0.05, 0) is 72.2 Å². The second-order valence-corrected chi connectivity index (χ2v) is 11.7. The van der Waals surface area contributed by atoms with Crippen LogP contribution in [0.2, 0.25) is 0 Å². The number of para-hydroxylation sites is 1. The highest BCUT2D eigenvalue weighted by Gasteiger charge is 2.25. The number of carbonyl (C=O) groups is 1. The van der Waals surface area contributed by atoms with E-state index in [2.05, 4.69) is 47.4 Å². The van der Waals surface area contributed by atoms with E-state index >= 15 is 0 Å². The maximum absolute atomic E-state index is 13.5. The van der Waals surface area contributed by atoms with Gasteiger partial charge in [-0.3, -0.25) is 4.79 Å². The van der Waals surface area contributed by atoms with Gasteiger partial charge in [-0.1, -0.05) is 88.2 Å². The number of phenols is 1. The number of rotatable bonds is 10. The molecule has 45 heavy (non-hydrogen) atoms. The van der Waals surface area contributed by atoms with E-state index in [-0.39, 0.29) is 22.5 Å². The van der Waals surface area contributed by atoms with Gasteiger partial charge in [0, 0.05) is 32.9 Å². The van der Waals surface area contributed by atoms with Crippen LogP contribution in [-0.2, 0) is 12.0 Å². The number of azo groups is 1. The molecule has 0 radical (unpaired) electrons. The summed E-state index contributed by atoms with van der Waals surface area (Å²) in [4.78, 5) is 17.0. The Hall–Kier alpha value is -5.01. The minimum Gasteiger partial charge on any atom is -0.505 e. The Morgan fingerprint density at radius 1 is 0.911 bits per heavy atom. The highest BCUT2D eigenvalue weighted by atomic mass is 16.3. The van der Waals surface area contributed by atoms with Crippen LogP contribution >= 0.6 is 0 Å². The fourth-order valence-electron chi connectivity index (χ4n) is 6.06. The van der Waals surface area contributed by atoms with E-state index in [1.807, 2.05) is 78.9 Å². The predicted molar refractivity (Wildman–Crippen MR) is 185 cm³/mol. The van der Waals surface area contributed by atoms with E-state index in [0.29, 0.717) is 16.8 Å². The third-order valence-corrected chi connectivity index (χ3v) is 8.91. The van der Waals surface area contributed by atoms with Gasteiger partial charge in [-0.15, -0.1) is 5.11 Å². The average Bonchev–Trinajstić information content (AvgIpc) is 3.46. The quantitative estimate of drug-likeness (QED) is 0.118. The van der Waals surface area contributed by atoms with Crippen LogP contribution in [-0.4, -0.2) is 16.0 Å². The van der Waals surface area contributed by atoms with Crippen LogP contribution in [0.1, 0.15) is 67.9 Å². The minimum absolute atomic E-state index is 0.119. The molecule has 7 heteroatoms. The number of hydrogen-bond donors (Lipinski definition) is 4. The fourth-order valence-corrected chi connectivity index (χ4v) is 6.06. The number of phenolic OH excluding ortho intramolecular Hbond substituents is 1. The molecule has 1 amide bonds. The predicted octanol–water partition coefficient (Wildman–Crippen LogP) is 10.2. The third-order valence-electron chi connectivity index (χ3n) is 8.91. The molecule has 0 aliphatic heterocycles. The van der Waals surface area contributed by atoms with Gasteiger partial charge in [-0.25, -0.2) is 0 Å². The summed E-state index contributed by atoms with van der Waals surface area (Å²) in [7, 11) is 0. The Balaban J connectivity index is 1.45. The van der Waals surface area contributed by atoms with Gasteiger partial charge in [-0.2, -0.15) is 5.11 Å². The first-order valence-corrected chi connectivity index (χ1v) is 15.8. The molecule has 1 aromatic heterocycles. The first-order valence-electron chi connectivity index (χ1n) is 15.8. The van der Waals surface area contributed by atoms with E-state index in [1.54, 1.807) is 6.07 Å². The van der Waals surface area contributed by atoms with Crippen molar-refractivity contribution in [2.45, 2.75) is 58.4 Å². The van der Waals surface area contributed by atoms with Crippen molar-refractivity contribution in [3.8, 4) is 5.75 Å². The molecule has 0 fully saturated rings. The molecule has 6 aromatic rings. The van der Waals surface area contributed by atoms with Crippen molar-refractivity contribution in [2.24, 2.45) is 16.0 Å². The highest BCUT2D eigenvalue weighted by molar-refractivity contribution is 6.22. The molecular formula is C38H39N5O2. The zero-order valence-corrected chi connectivity index (χ0v) is 26.0. The molecule has 1 heterocycles. The van der Waals surface area contributed by atoms with Crippen LogP contribution in [0.5, 0.6) is 5.75 Å². The van der Waals surface area contributed by atoms with Crippen LogP contribution in [0, 0.1) is 0 Å². The molecule has 7 nitrogen and oxygen atoms in total. The van der Waals surface area contributed by atoms with Crippen LogP contribution in [0.4, 0.5) is 17.1 Å². The Labute approximate surface area is 263 Å². The Morgan fingerprint density at radius 2 is 1.67 bits per heavy atom. The number of carbonyl (C=O) groups excluding carboxylic acids is 1. The number of benzene rings is 5. The molecule has 0 spiro atoms. The lowest BCUT2D eigenvalue weighted by Crippen LogP contribution is -2.35. The molecule has 0 aliphatic carbocycles. The van der Waals surface area contributed by atoms with Gasteiger partial charge in [0.1, 0.15) is 5.69 Å². The van der Waals surface area contributed by atoms with Crippen molar-refractivity contribution >= 4 is 55.5 Å². The van der Waals surface area contributed by atoms with Gasteiger partial charge in [0.25, 0.3) is 5.91 Å². The van der Waals surface area contributed by atoms with Gasteiger partial charge in [0.15, 0.2) is 5.75 Å². The molecule has 5 N–H and O–H groups in total. The van der Waals surface area contributed by atoms with Crippen LogP contribution in [0.25, 0.3) is 32.6 Å². The first-order chi connectivity index (χ1) is 21.8. The summed E-state index contributed by atoms with van der Waals surface area (Å²) in [6.07, 6.45) is 4.82. The number of aromatic nitrogens is 1. The molecule has 0 saturated carbocycles. The van der Waals surface area contributed by atoms with Gasteiger partial charge in [0.05, 0.1) is 16.8 Å². The second-order valence-electron chi connectivity index (χ2n) is 11.7. The maximum atomic E-state index is 13.5. The van der Waals surface area contributed by atoms with Crippen LogP contribution in [0.3, 0.4) is 0 Å². The van der Waals surface area contributed by atoms with E-state index in [1.165, 1.54) is 5.56 Å². The van der Waals surface area contributed by atoms with Crippen LogP contribution < -0.4 is 11.1 Å².